The number of aromatic amines is 1. The molecular formula is C46H68N12O8S. The van der Waals surface area contributed by atoms with Gasteiger partial charge in [-0.2, -0.15) is 12.6 Å². The molecule has 1 fully saturated rings. The minimum absolute atomic E-state index is 0.00191. The number of thiol groups is 1. The highest BCUT2D eigenvalue weighted by molar-refractivity contribution is 7.80. The Morgan fingerprint density at radius 2 is 1.37 bits per heavy atom. The van der Waals surface area contributed by atoms with Crippen LogP contribution in [0, 0.1) is 5.92 Å². The smallest absolute Gasteiger partial charge is 0.326 e. The second-order valence-electron chi connectivity index (χ2n) is 17.2. The third-order valence-electron chi connectivity index (χ3n) is 11.5. The number of guanidine groups is 1. The topological polar surface area (TPSA) is 335 Å². The second kappa shape index (κ2) is 26.8. The van der Waals surface area contributed by atoms with Crippen molar-refractivity contribution in [2.75, 3.05) is 25.4 Å². The van der Waals surface area contributed by atoms with Gasteiger partial charge in [0.2, 0.25) is 35.4 Å². The predicted octanol–water partition coefficient (Wildman–Crippen LogP) is -0.0615. The fraction of sp³-hybridized carbons (Fsp3) is 0.522. The van der Waals surface area contributed by atoms with Crippen molar-refractivity contribution in [1.29, 1.82) is 0 Å². The fourth-order valence-corrected chi connectivity index (χ4v) is 8.20. The number of carboxylic acids is 1. The Bertz CT molecular complexity index is 2170. The molecular weight excluding hydrogens is 881 g/mol. The van der Waals surface area contributed by atoms with Gasteiger partial charge in [0.15, 0.2) is 5.96 Å². The zero-order valence-corrected chi connectivity index (χ0v) is 39.1. The number of nitrogens with two attached hydrogens (primary N) is 4. The lowest BCUT2D eigenvalue weighted by molar-refractivity contribution is -0.149. The number of aliphatic carboxylic acids is 1. The van der Waals surface area contributed by atoms with Crippen molar-refractivity contribution in [3.05, 3.63) is 71.9 Å². The summed E-state index contributed by atoms with van der Waals surface area (Å²) >= 11 is 4.39. The van der Waals surface area contributed by atoms with E-state index < -0.39 is 83.7 Å². The average Bonchev–Trinajstić information content (AvgIpc) is 3.96. The molecule has 21 heteroatoms. The van der Waals surface area contributed by atoms with Gasteiger partial charge in [0.25, 0.3) is 0 Å². The molecule has 67 heavy (non-hydrogen) atoms. The highest BCUT2D eigenvalue weighted by Crippen LogP contribution is 2.22. The Morgan fingerprint density at radius 3 is 2.01 bits per heavy atom. The summed E-state index contributed by atoms with van der Waals surface area (Å²) in [5.74, 6) is -5.59. The SMILES string of the molecule is CC(C)C[C@H](NC(=O)[C@H](Cc1ccccc1)NC(=O)[C@H](CS)NC(=O)[C@H](Cc1c[nH]c2ccccc12)NC(=O)[C@H](CCCN=C(N)N)NC(=O)[C@@H](N)CCCCN)C(=O)N1CCC[C@H]1C(=O)O. The number of aromatic nitrogens is 1. The number of carbonyl (C=O) groups excluding carboxylic acids is 6. The molecule has 1 aromatic heterocycles. The summed E-state index contributed by atoms with van der Waals surface area (Å²) in [4.78, 5) is 104. The van der Waals surface area contributed by atoms with Crippen LogP contribution in [0.25, 0.3) is 10.9 Å². The number of nitrogens with zero attached hydrogens (tertiary/aromatic N) is 2. The van der Waals surface area contributed by atoms with Crippen molar-refractivity contribution in [3.8, 4) is 0 Å². The van der Waals surface area contributed by atoms with Gasteiger partial charge in [-0.1, -0.05) is 68.8 Å². The van der Waals surface area contributed by atoms with Gasteiger partial charge in [-0.05, 0) is 74.6 Å². The molecule has 1 saturated heterocycles. The molecule has 0 spiro atoms. The normalized spacial score (nSPS) is 16.2. The number of H-pyrrole nitrogens is 1. The van der Waals surface area contributed by atoms with Crippen LogP contribution in [-0.4, -0.2) is 130 Å². The van der Waals surface area contributed by atoms with Crippen LogP contribution in [0.4, 0.5) is 0 Å². The summed E-state index contributed by atoms with van der Waals surface area (Å²) in [6, 6.07) is 8.19. The molecule has 7 atom stereocenters. The lowest BCUT2D eigenvalue weighted by Gasteiger charge is -2.30. The molecule has 0 unspecified atom stereocenters. The number of hydrogen-bond acceptors (Lipinski definition) is 11. The number of carboxylic acid groups (broad SMARTS) is 1. The van der Waals surface area contributed by atoms with Gasteiger partial charge in [-0.3, -0.25) is 33.8 Å². The number of rotatable bonds is 27. The number of carbonyl (C=O) groups is 7. The fourth-order valence-electron chi connectivity index (χ4n) is 7.94. The van der Waals surface area contributed by atoms with Gasteiger partial charge in [-0.15, -0.1) is 0 Å². The average molecular weight is 949 g/mol. The first-order valence-electron chi connectivity index (χ1n) is 22.8. The Balaban J connectivity index is 1.59. The highest BCUT2D eigenvalue weighted by atomic mass is 32.1. The number of hydrogen-bond donors (Lipinski definition) is 12. The molecule has 6 amide bonds. The van der Waals surface area contributed by atoms with Crippen molar-refractivity contribution in [2.45, 2.75) is 120 Å². The van der Waals surface area contributed by atoms with E-state index in [0.29, 0.717) is 49.8 Å². The van der Waals surface area contributed by atoms with E-state index >= 15 is 0 Å². The first-order chi connectivity index (χ1) is 32.0. The molecule has 0 saturated carbocycles. The monoisotopic (exact) mass is 949 g/mol. The molecule has 3 aromatic rings. The Kier molecular flexibility index (Phi) is 21.4. The highest BCUT2D eigenvalue weighted by Gasteiger charge is 2.39. The van der Waals surface area contributed by atoms with Gasteiger partial charge in [0.1, 0.15) is 36.3 Å². The quantitative estimate of drug-likeness (QED) is 0.0207. The van der Waals surface area contributed by atoms with E-state index in [1.807, 2.05) is 38.1 Å². The predicted molar refractivity (Wildman–Crippen MR) is 258 cm³/mol. The van der Waals surface area contributed by atoms with Gasteiger partial charge in [0.05, 0.1) is 6.04 Å². The van der Waals surface area contributed by atoms with Crippen LogP contribution < -0.4 is 49.5 Å². The molecule has 2 aromatic carbocycles. The van der Waals surface area contributed by atoms with Crippen LogP contribution in [0.5, 0.6) is 0 Å². The molecule has 20 nitrogen and oxygen atoms in total. The van der Waals surface area contributed by atoms with E-state index in [9.17, 15) is 38.7 Å². The molecule has 1 aliphatic heterocycles. The lowest BCUT2D eigenvalue weighted by Crippen LogP contribution is -2.60. The maximum atomic E-state index is 14.4. The van der Waals surface area contributed by atoms with E-state index in [0.717, 1.165) is 10.9 Å². The number of unbranched alkanes of at least 4 members (excludes halogenated alkanes) is 1. The number of nitrogens with one attached hydrogen (secondary N) is 6. The molecule has 4 rings (SSSR count). The molecule has 366 valence electrons. The molecule has 15 N–H and O–H groups in total. The van der Waals surface area contributed by atoms with Crippen LogP contribution in [-0.2, 0) is 46.4 Å². The van der Waals surface area contributed by atoms with Gasteiger partial charge in [-0.25, -0.2) is 4.79 Å². The number of aliphatic imine (C=N–C) groups is 1. The van der Waals surface area contributed by atoms with Gasteiger partial charge < -0.3 is 64.5 Å². The summed E-state index contributed by atoms with van der Waals surface area (Å²) in [7, 11) is 0. The Morgan fingerprint density at radius 1 is 0.776 bits per heavy atom. The standard InChI is InChI=1S/C46H68N12O8S/c1-27(2)22-36(44(64)58-21-11-18-38(58)45(65)66)56-41(61)34(23-28-12-4-3-5-13-28)54-43(63)37(26-67)57-42(62)35(24-29-25-52-32-16-7-6-14-30(29)32)55-40(60)33(17-10-20-51-46(49)50)53-39(59)31(48)15-8-9-19-47/h3-7,12-14,16,25,27,31,33-38,52,67H,8-11,15,17-24,26,47-48H2,1-2H3,(H,53,59)(H,54,63)(H,55,60)(H,56,61)(H,57,62)(H,65,66)(H4,49,50,51)/t31-,33-,34-,35-,36-,37-,38-/m0/s1. The summed E-state index contributed by atoms with van der Waals surface area (Å²) in [6.07, 6.45) is 4.64. The first kappa shape index (κ1) is 53.4. The zero-order valence-electron chi connectivity index (χ0n) is 38.2. The lowest BCUT2D eigenvalue weighted by atomic mass is 10.00. The number of likely N-dealkylation sites (tertiary alicyclic amines) is 1. The largest absolute Gasteiger partial charge is 0.480 e. The second-order valence-corrected chi connectivity index (χ2v) is 17.6. The van der Waals surface area contributed by atoms with Crippen molar-refractivity contribution in [1.82, 2.24) is 36.5 Å². The zero-order chi connectivity index (χ0) is 49.0. The van der Waals surface area contributed by atoms with E-state index in [2.05, 4.69) is 49.2 Å². The maximum absolute atomic E-state index is 14.4. The number of benzene rings is 2. The van der Waals surface area contributed by atoms with Crippen molar-refractivity contribution in [2.24, 2.45) is 33.8 Å². The van der Waals surface area contributed by atoms with Crippen LogP contribution in [0.15, 0.2) is 65.8 Å². The van der Waals surface area contributed by atoms with Crippen LogP contribution >= 0.6 is 12.6 Å². The maximum Gasteiger partial charge on any atom is 0.326 e. The Labute approximate surface area is 396 Å². The summed E-state index contributed by atoms with van der Waals surface area (Å²) in [5.41, 5.74) is 24.9. The summed E-state index contributed by atoms with van der Waals surface area (Å²) < 4.78 is 0. The number of para-hydroxylation sites is 1. The molecule has 0 bridgehead atoms. The van der Waals surface area contributed by atoms with Crippen LogP contribution in [0.2, 0.25) is 0 Å². The molecule has 2 heterocycles. The minimum atomic E-state index is -1.33. The van der Waals surface area contributed by atoms with Crippen molar-refractivity contribution >= 4 is 70.9 Å². The molecule has 0 aliphatic carbocycles. The summed E-state index contributed by atoms with van der Waals surface area (Å²) in [5, 5.41) is 24.3. The number of amides is 6. The van der Waals surface area contributed by atoms with E-state index in [-0.39, 0.29) is 62.8 Å². The molecule has 0 radical (unpaired) electrons. The van der Waals surface area contributed by atoms with E-state index in [1.54, 1.807) is 36.5 Å². The summed E-state index contributed by atoms with van der Waals surface area (Å²) in [6.45, 7) is 4.56. The van der Waals surface area contributed by atoms with E-state index in [1.165, 1.54) is 4.90 Å². The van der Waals surface area contributed by atoms with Crippen molar-refractivity contribution in [3.63, 3.8) is 0 Å². The van der Waals surface area contributed by atoms with Gasteiger partial charge >= 0.3 is 5.97 Å². The Hall–Kier alpha value is -6.19. The van der Waals surface area contributed by atoms with Crippen LogP contribution in [0.3, 0.4) is 0 Å². The third kappa shape index (κ3) is 16.6. The van der Waals surface area contributed by atoms with E-state index in [4.69, 9.17) is 22.9 Å². The minimum Gasteiger partial charge on any atom is -0.480 e. The van der Waals surface area contributed by atoms with Crippen molar-refractivity contribution < 1.29 is 38.7 Å². The first-order valence-corrected chi connectivity index (χ1v) is 23.4. The third-order valence-corrected chi connectivity index (χ3v) is 11.9. The molecule has 1 aliphatic rings. The van der Waals surface area contributed by atoms with Crippen LogP contribution in [0.1, 0.15) is 76.3 Å². The number of fused-ring (bicyclic) bond motifs is 1. The van der Waals surface area contributed by atoms with Gasteiger partial charge in [0, 0.05) is 48.8 Å².